The van der Waals surface area contributed by atoms with Gasteiger partial charge in [0.25, 0.3) is 5.91 Å². The number of ether oxygens (including phenoxy) is 1. The van der Waals surface area contributed by atoms with Crippen molar-refractivity contribution in [2.75, 3.05) is 11.9 Å². The van der Waals surface area contributed by atoms with Crippen molar-refractivity contribution in [3.8, 4) is 5.75 Å². The quantitative estimate of drug-likeness (QED) is 0.921. The molecule has 3 rings (SSSR count). The topological polar surface area (TPSA) is 81.2 Å². The Labute approximate surface area is 144 Å². The molecule has 1 atom stereocenters. The van der Waals surface area contributed by atoms with Crippen LogP contribution in [0.1, 0.15) is 29.4 Å². The third kappa shape index (κ3) is 3.89. The SMILES string of the molecule is CC1CC(=O)c2cnc(NC(=O)COc3ccc(Cl)cc3)nc2C1. The number of benzene rings is 1. The molecule has 1 aromatic carbocycles. The maximum absolute atomic E-state index is 11.9. The summed E-state index contributed by atoms with van der Waals surface area (Å²) in [4.78, 5) is 32.2. The molecule has 0 aliphatic heterocycles. The fourth-order valence-corrected chi connectivity index (χ4v) is 2.66. The minimum atomic E-state index is -0.375. The van der Waals surface area contributed by atoms with Crippen molar-refractivity contribution in [1.82, 2.24) is 9.97 Å². The van der Waals surface area contributed by atoms with Crippen LogP contribution in [-0.4, -0.2) is 28.3 Å². The number of rotatable bonds is 4. The lowest BCUT2D eigenvalue weighted by Gasteiger charge is -2.19. The number of nitrogens with one attached hydrogen (secondary N) is 1. The Morgan fingerprint density at radius 3 is 2.83 bits per heavy atom. The first kappa shape index (κ1) is 16.4. The largest absolute Gasteiger partial charge is 0.484 e. The van der Waals surface area contributed by atoms with Crippen molar-refractivity contribution in [2.24, 2.45) is 5.92 Å². The minimum Gasteiger partial charge on any atom is -0.484 e. The molecule has 2 aromatic rings. The molecule has 0 spiro atoms. The van der Waals surface area contributed by atoms with Crippen LogP contribution in [0.25, 0.3) is 0 Å². The van der Waals surface area contributed by atoms with Gasteiger partial charge in [0.2, 0.25) is 5.95 Å². The van der Waals surface area contributed by atoms with Crippen molar-refractivity contribution >= 4 is 29.2 Å². The van der Waals surface area contributed by atoms with Crippen molar-refractivity contribution in [1.29, 1.82) is 0 Å². The summed E-state index contributed by atoms with van der Waals surface area (Å²) in [6.45, 7) is 1.83. The number of Topliss-reactive ketones (excluding diaryl/α,β-unsaturated/α-hetero) is 1. The lowest BCUT2D eigenvalue weighted by Crippen LogP contribution is -2.24. The second-order valence-electron chi connectivity index (χ2n) is 5.78. The number of ketones is 1. The molecule has 0 fully saturated rings. The molecule has 1 amide bonds. The Morgan fingerprint density at radius 1 is 1.33 bits per heavy atom. The summed E-state index contributed by atoms with van der Waals surface area (Å²) < 4.78 is 5.36. The van der Waals surface area contributed by atoms with Gasteiger partial charge in [0.05, 0.1) is 11.3 Å². The van der Waals surface area contributed by atoms with E-state index in [1.165, 1.54) is 6.20 Å². The Kier molecular flexibility index (Phi) is 4.76. The number of carbonyl (C=O) groups excluding carboxylic acids is 2. The fourth-order valence-electron chi connectivity index (χ4n) is 2.54. The molecule has 1 aromatic heterocycles. The molecule has 6 nitrogen and oxygen atoms in total. The summed E-state index contributed by atoms with van der Waals surface area (Å²) in [7, 11) is 0. The predicted octanol–water partition coefficient (Wildman–Crippen LogP) is 2.91. The van der Waals surface area contributed by atoms with E-state index in [4.69, 9.17) is 16.3 Å². The Bertz CT molecular complexity index is 777. The fraction of sp³-hybridized carbons (Fsp3) is 0.294. The van der Waals surface area contributed by atoms with Crippen LogP contribution in [0.4, 0.5) is 5.95 Å². The van der Waals surface area contributed by atoms with Crippen LogP contribution in [0, 0.1) is 5.92 Å². The molecular weight excluding hydrogens is 330 g/mol. The highest BCUT2D eigenvalue weighted by Crippen LogP contribution is 2.24. The van der Waals surface area contributed by atoms with Crippen molar-refractivity contribution < 1.29 is 14.3 Å². The molecule has 7 heteroatoms. The number of anilines is 1. The first-order valence-corrected chi connectivity index (χ1v) is 7.96. The van der Waals surface area contributed by atoms with E-state index in [1.54, 1.807) is 24.3 Å². The smallest absolute Gasteiger partial charge is 0.264 e. The van der Waals surface area contributed by atoms with Crippen molar-refractivity contribution in [3.63, 3.8) is 0 Å². The maximum Gasteiger partial charge on any atom is 0.264 e. The van der Waals surface area contributed by atoms with Crippen molar-refractivity contribution in [3.05, 3.63) is 46.7 Å². The zero-order chi connectivity index (χ0) is 17.1. The normalized spacial score (nSPS) is 16.4. The van der Waals surface area contributed by atoms with Gasteiger partial charge >= 0.3 is 0 Å². The van der Waals surface area contributed by atoms with Gasteiger partial charge < -0.3 is 4.74 Å². The number of carbonyl (C=O) groups is 2. The third-order valence-corrected chi connectivity index (χ3v) is 3.93. The molecule has 1 aliphatic carbocycles. The highest BCUT2D eigenvalue weighted by atomic mass is 35.5. The lowest BCUT2D eigenvalue weighted by atomic mass is 9.88. The zero-order valence-electron chi connectivity index (χ0n) is 13.1. The molecule has 0 bridgehead atoms. The summed E-state index contributed by atoms with van der Waals surface area (Å²) in [6, 6.07) is 6.72. The summed E-state index contributed by atoms with van der Waals surface area (Å²) in [5, 5.41) is 3.18. The lowest BCUT2D eigenvalue weighted by molar-refractivity contribution is -0.118. The minimum absolute atomic E-state index is 0.0488. The third-order valence-electron chi connectivity index (χ3n) is 3.68. The van der Waals surface area contributed by atoms with E-state index >= 15 is 0 Å². The maximum atomic E-state index is 11.9. The van der Waals surface area contributed by atoms with E-state index in [9.17, 15) is 9.59 Å². The number of fused-ring (bicyclic) bond motifs is 1. The zero-order valence-corrected chi connectivity index (χ0v) is 13.8. The molecule has 0 saturated heterocycles. The van der Waals surface area contributed by atoms with Crippen LogP contribution in [-0.2, 0) is 11.2 Å². The van der Waals surface area contributed by atoms with Crippen LogP contribution in [0.3, 0.4) is 0 Å². The first-order valence-electron chi connectivity index (χ1n) is 7.58. The van der Waals surface area contributed by atoms with E-state index in [1.807, 2.05) is 6.92 Å². The van der Waals surface area contributed by atoms with Gasteiger partial charge in [-0.1, -0.05) is 18.5 Å². The first-order chi connectivity index (χ1) is 11.5. The van der Waals surface area contributed by atoms with Gasteiger partial charge in [0, 0.05) is 17.6 Å². The van der Waals surface area contributed by atoms with Crippen molar-refractivity contribution in [2.45, 2.75) is 19.8 Å². The number of hydrogen-bond acceptors (Lipinski definition) is 5. The number of halogens is 1. The van der Waals surface area contributed by atoms with Gasteiger partial charge in [-0.15, -0.1) is 0 Å². The highest BCUT2D eigenvalue weighted by Gasteiger charge is 2.24. The van der Waals surface area contributed by atoms with E-state index in [-0.39, 0.29) is 30.2 Å². The molecule has 0 saturated carbocycles. The van der Waals surface area contributed by atoms with E-state index < -0.39 is 0 Å². The number of amides is 1. The molecule has 1 heterocycles. The van der Waals surface area contributed by atoms with Gasteiger partial charge in [-0.3, -0.25) is 14.9 Å². The van der Waals surface area contributed by atoms with Crippen LogP contribution in [0.15, 0.2) is 30.5 Å². The number of hydrogen-bond donors (Lipinski definition) is 1. The average Bonchev–Trinajstić information content (AvgIpc) is 2.54. The number of aromatic nitrogens is 2. The summed E-state index contributed by atoms with van der Waals surface area (Å²) in [5.74, 6) is 0.644. The second kappa shape index (κ2) is 6.97. The summed E-state index contributed by atoms with van der Waals surface area (Å²) >= 11 is 5.78. The van der Waals surface area contributed by atoms with Gasteiger partial charge in [0.1, 0.15) is 5.75 Å². The van der Waals surface area contributed by atoms with Crippen LogP contribution in [0.5, 0.6) is 5.75 Å². The highest BCUT2D eigenvalue weighted by molar-refractivity contribution is 6.30. The monoisotopic (exact) mass is 345 g/mol. The standard InChI is InChI=1S/C17H16ClN3O3/c1-10-6-14-13(15(22)7-10)8-19-17(20-14)21-16(23)9-24-12-4-2-11(18)3-5-12/h2-5,8,10H,6-7,9H2,1H3,(H,19,20,21,23). The molecular formula is C17H16ClN3O3. The average molecular weight is 346 g/mol. The van der Waals surface area contributed by atoms with E-state index in [0.29, 0.717) is 34.9 Å². The molecule has 1 aliphatic rings. The Balaban J connectivity index is 1.61. The Morgan fingerprint density at radius 2 is 2.08 bits per heavy atom. The summed E-state index contributed by atoms with van der Waals surface area (Å²) in [6.07, 6.45) is 2.69. The van der Waals surface area contributed by atoms with Gasteiger partial charge in [-0.05, 0) is 36.6 Å². The molecule has 124 valence electrons. The molecule has 1 unspecified atom stereocenters. The Hall–Kier alpha value is -2.47. The van der Waals surface area contributed by atoms with Crippen LogP contribution < -0.4 is 10.1 Å². The summed E-state index contributed by atoms with van der Waals surface area (Å²) in [5.41, 5.74) is 1.23. The van der Waals surface area contributed by atoms with Gasteiger partial charge in [-0.25, -0.2) is 9.97 Å². The number of nitrogens with zero attached hydrogens (tertiary/aromatic N) is 2. The van der Waals surface area contributed by atoms with Gasteiger partial charge in [0.15, 0.2) is 12.4 Å². The second-order valence-corrected chi connectivity index (χ2v) is 6.22. The van der Waals surface area contributed by atoms with E-state index in [2.05, 4.69) is 15.3 Å². The molecule has 1 N–H and O–H groups in total. The van der Waals surface area contributed by atoms with Crippen LogP contribution in [0.2, 0.25) is 5.02 Å². The molecule has 24 heavy (non-hydrogen) atoms. The van der Waals surface area contributed by atoms with Gasteiger partial charge in [-0.2, -0.15) is 0 Å². The van der Waals surface area contributed by atoms with Crippen LogP contribution >= 0.6 is 11.6 Å². The predicted molar refractivity (Wildman–Crippen MR) is 89.4 cm³/mol. The molecule has 0 radical (unpaired) electrons. The van der Waals surface area contributed by atoms with E-state index in [0.717, 1.165) is 0 Å².